The van der Waals surface area contributed by atoms with E-state index in [0.29, 0.717) is 0 Å². The number of fused-ring (bicyclic) bond motifs is 3. The number of rotatable bonds is 0. The highest BCUT2D eigenvalue weighted by atomic mass is 16.3. The standard InChI is InChI=1S/C13H10O/c1-9-5-4-8-12-13(9)10-6-2-3-7-11(10)14-12/h2-8H,1H3. The van der Waals surface area contributed by atoms with E-state index in [1.165, 1.54) is 16.3 Å². The summed E-state index contributed by atoms with van der Waals surface area (Å²) in [6, 6.07) is 14.3. The Hall–Kier alpha value is -1.76. The second-order valence-corrected chi connectivity index (χ2v) is 3.55. The van der Waals surface area contributed by atoms with E-state index in [1.807, 2.05) is 30.3 Å². The first-order valence-electron chi connectivity index (χ1n) is 4.73. The molecule has 0 saturated carbocycles. The van der Waals surface area contributed by atoms with Gasteiger partial charge in [-0.25, -0.2) is 0 Å². The van der Waals surface area contributed by atoms with Crippen molar-refractivity contribution in [3.8, 4) is 0 Å². The van der Waals surface area contributed by atoms with Crippen molar-refractivity contribution < 1.29 is 4.42 Å². The van der Waals surface area contributed by atoms with Gasteiger partial charge < -0.3 is 4.42 Å². The van der Waals surface area contributed by atoms with Gasteiger partial charge in [-0.1, -0.05) is 30.3 Å². The zero-order valence-electron chi connectivity index (χ0n) is 7.95. The summed E-state index contributed by atoms with van der Waals surface area (Å²) in [7, 11) is 0. The SMILES string of the molecule is Cc1cccc2oc3ccccc3c12. The first-order chi connectivity index (χ1) is 6.86. The van der Waals surface area contributed by atoms with Crippen LogP contribution in [0.5, 0.6) is 0 Å². The van der Waals surface area contributed by atoms with Gasteiger partial charge in [0.25, 0.3) is 0 Å². The third kappa shape index (κ3) is 0.896. The van der Waals surface area contributed by atoms with E-state index < -0.39 is 0 Å². The van der Waals surface area contributed by atoms with E-state index in [-0.39, 0.29) is 0 Å². The lowest BCUT2D eigenvalue weighted by Crippen LogP contribution is -1.72. The minimum atomic E-state index is 0.969. The van der Waals surface area contributed by atoms with Gasteiger partial charge in [-0.3, -0.25) is 0 Å². The lowest BCUT2D eigenvalue weighted by atomic mass is 10.1. The molecule has 0 fully saturated rings. The molecule has 0 aliphatic carbocycles. The van der Waals surface area contributed by atoms with Gasteiger partial charge in [0.2, 0.25) is 0 Å². The van der Waals surface area contributed by atoms with Crippen molar-refractivity contribution in [3.63, 3.8) is 0 Å². The van der Waals surface area contributed by atoms with Gasteiger partial charge in [0.15, 0.2) is 0 Å². The molecule has 0 N–H and O–H groups in total. The molecule has 68 valence electrons. The highest BCUT2D eigenvalue weighted by Crippen LogP contribution is 2.30. The molecule has 0 unspecified atom stereocenters. The Kier molecular flexibility index (Phi) is 1.42. The minimum Gasteiger partial charge on any atom is -0.456 e. The van der Waals surface area contributed by atoms with Crippen LogP contribution in [0.4, 0.5) is 0 Å². The van der Waals surface area contributed by atoms with Gasteiger partial charge in [0, 0.05) is 10.8 Å². The van der Waals surface area contributed by atoms with Gasteiger partial charge in [0.1, 0.15) is 11.2 Å². The van der Waals surface area contributed by atoms with Gasteiger partial charge in [0.05, 0.1) is 0 Å². The molecule has 0 aliphatic rings. The molecular formula is C13H10O. The van der Waals surface area contributed by atoms with Crippen LogP contribution in [0.25, 0.3) is 21.9 Å². The number of aryl methyl sites for hydroxylation is 1. The van der Waals surface area contributed by atoms with Crippen molar-refractivity contribution in [2.75, 3.05) is 0 Å². The summed E-state index contributed by atoms with van der Waals surface area (Å²) >= 11 is 0. The first-order valence-corrected chi connectivity index (χ1v) is 4.73. The molecule has 0 amide bonds. The molecule has 0 bridgehead atoms. The smallest absolute Gasteiger partial charge is 0.135 e. The van der Waals surface area contributed by atoms with E-state index in [9.17, 15) is 0 Å². The first kappa shape index (κ1) is 7.63. The van der Waals surface area contributed by atoms with Gasteiger partial charge in [-0.05, 0) is 24.6 Å². The maximum absolute atomic E-state index is 5.73. The van der Waals surface area contributed by atoms with E-state index in [2.05, 4.69) is 19.1 Å². The summed E-state index contributed by atoms with van der Waals surface area (Å²) in [5, 5.41) is 2.45. The molecule has 1 heterocycles. The summed E-state index contributed by atoms with van der Waals surface area (Å²) in [5.41, 5.74) is 3.22. The van der Waals surface area contributed by atoms with Gasteiger partial charge in [-0.15, -0.1) is 0 Å². The molecule has 2 aromatic carbocycles. The van der Waals surface area contributed by atoms with E-state index in [0.717, 1.165) is 11.2 Å². The summed E-state index contributed by atoms with van der Waals surface area (Å²) in [6.07, 6.45) is 0. The van der Waals surface area contributed by atoms with Gasteiger partial charge >= 0.3 is 0 Å². The van der Waals surface area contributed by atoms with Gasteiger partial charge in [-0.2, -0.15) is 0 Å². The van der Waals surface area contributed by atoms with Crippen LogP contribution in [0.3, 0.4) is 0 Å². The van der Waals surface area contributed by atoms with Crippen LogP contribution >= 0.6 is 0 Å². The summed E-state index contributed by atoms with van der Waals surface area (Å²) in [4.78, 5) is 0. The van der Waals surface area contributed by atoms with E-state index in [1.54, 1.807) is 0 Å². The van der Waals surface area contributed by atoms with E-state index in [4.69, 9.17) is 4.42 Å². The minimum absolute atomic E-state index is 0.969. The van der Waals surface area contributed by atoms with Crippen LogP contribution in [-0.4, -0.2) is 0 Å². The Morgan fingerprint density at radius 2 is 1.64 bits per heavy atom. The molecule has 0 radical (unpaired) electrons. The fraction of sp³-hybridized carbons (Fsp3) is 0.0769. The normalized spacial score (nSPS) is 11.2. The van der Waals surface area contributed by atoms with Crippen LogP contribution in [0.2, 0.25) is 0 Å². The second kappa shape index (κ2) is 2.61. The van der Waals surface area contributed by atoms with Crippen LogP contribution in [0, 0.1) is 6.92 Å². The molecule has 1 aromatic heterocycles. The Morgan fingerprint density at radius 1 is 0.857 bits per heavy atom. The Bertz CT molecular complexity index is 605. The molecular weight excluding hydrogens is 172 g/mol. The molecule has 3 aromatic rings. The van der Waals surface area contributed by atoms with Crippen molar-refractivity contribution in [1.29, 1.82) is 0 Å². The molecule has 0 spiro atoms. The number of benzene rings is 2. The van der Waals surface area contributed by atoms with Crippen LogP contribution < -0.4 is 0 Å². The number of hydrogen-bond acceptors (Lipinski definition) is 1. The molecule has 0 aliphatic heterocycles. The van der Waals surface area contributed by atoms with Crippen LogP contribution in [0.15, 0.2) is 46.9 Å². The van der Waals surface area contributed by atoms with Crippen molar-refractivity contribution in [3.05, 3.63) is 48.0 Å². The summed E-state index contributed by atoms with van der Waals surface area (Å²) < 4.78 is 5.73. The lowest BCUT2D eigenvalue weighted by Gasteiger charge is -1.93. The quantitative estimate of drug-likeness (QED) is 0.514. The number of para-hydroxylation sites is 1. The van der Waals surface area contributed by atoms with Crippen molar-refractivity contribution in [2.24, 2.45) is 0 Å². The zero-order chi connectivity index (χ0) is 9.54. The second-order valence-electron chi connectivity index (χ2n) is 3.55. The van der Waals surface area contributed by atoms with E-state index >= 15 is 0 Å². The maximum Gasteiger partial charge on any atom is 0.135 e. The average molecular weight is 182 g/mol. The monoisotopic (exact) mass is 182 g/mol. The Balaban J connectivity index is 2.65. The highest BCUT2D eigenvalue weighted by molar-refractivity contribution is 6.06. The molecule has 0 atom stereocenters. The molecule has 1 nitrogen and oxygen atoms in total. The molecule has 14 heavy (non-hydrogen) atoms. The highest BCUT2D eigenvalue weighted by Gasteiger charge is 2.06. The Morgan fingerprint density at radius 3 is 2.57 bits per heavy atom. The average Bonchev–Trinajstić information content (AvgIpc) is 2.57. The predicted octanol–water partition coefficient (Wildman–Crippen LogP) is 3.89. The third-order valence-corrected chi connectivity index (χ3v) is 2.61. The Labute approximate surface area is 82.0 Å². The molecule has 0 saturated heterocycles. The van der Waals surface area contributed by atoms with Crippen LogP contribution in [-0.2, 0) is 0 Å². The van der Waals surface area contributed by atoms with Crippen molar-refractivity contribution >= 4 is 21.9 Å². The predicted molar refractivity (Wildman–Crippen MR) is 58.5 cm³/mol. The fourth-order valence-electron chi connectivity index (χ4n) is 1.95. The summed E-state index contributed by atoms with van der Waals surface area (Å²) in [5.74, 6) is 0. The summed E-state index contributed by atoms with van der Waals surface area (Å²) in [6.45, 7) is 2.12. The number of furan rings is 1. The maximum atomic E-state index is 5.73. The molecule has 3 rings (SSSR count). The van der Waals surface area contributed by atoms with Crippen molar-refractivity contribution in [2.45, 2.75) is 6.92 Å². The lowest BCUT2D eigenvalue weighted by molar-refractivity contribution is 0.669. The third-order valence-electron chi connectivity index (χ3n) is 2.61. The number of hydrogen-bond donors (Lipinski definition) is 0. The molecule has 1 heteroatoms. The van der Waals surface area contributed by atoms with Crippen LogP contribution in [0.1, 0.15) is 5.56 Å². The zero-order valence-corrected chi connectivity index (χ0v) is 7.95. The van der Waals surface area contributed by atoms with Crippen molar-refractivity contribution in [1.82, 2.24) is 0 Å². The topological polar surface area (TPSA) is 13.1 Å². The fourth-order valence-corrected chi connectivity index (χ4v) is 1.95. The largest absolute Gasteiger partial charge is 0.456 e.